The van der Waals surface area contributed by atoms with Crippen molar-refractivity contribution in [1.29, 1.82) is 0 Å². The lowest BCUT2D eigenvalue weighted by molar-refractivity contribution is 0.292. The first-order chi connectivity index (χ1) is 8.79. The zero-order chi connectivity index (χ0) is 12.8. The first-order valence-corrected chi connectivity index (χ1v) is 6.02. The van der Waals surface area contributed by atoms with Crippen LogP contribution in [0.4, 0.5) is 0 Å². The second kappa shape index (κ2) is 6.28. The maximum absolute atomic E-state index is 8.77. The molecule has 1 unspecified atom stereocenters. The molecule has 96 valence electrons. The first kappa shape index (κ1) is 12.7. The van der Waals surface area contributed by atoms with E-state index in [1.165, 1.54) is 5.56 Å². The molecular weight excluding hydrogens is 230 g/mol. The molecule has 18 heavy (non-hydrogen) atoms. The van der Waals surface area contributed by atoms with E-state index in [4.69, 9.17) is 15.4 Å². The SMILES string of the molecule is NC(CCc1ccccc1)c1nc(CCO)no1. The standard InChI is InChI=1S/C13H17N3O2/c14-11(7-6-10-4-2-1-3-5-10)13-15-12(8-9-17)16-18-13/h1-5,11,17H,6-9,14H2. The van der Waals surface area contributed by atoms with Gasteiger partial charge in [0.05, 0.1) is 12.6 Å². The fourth-order valence-corrected chi connectivity index (χ4v) is 1.71. The van der Waals surface area contributed by atoms with Crippen molar-refractivity contribution in [3.63, 3.8) is 0 Å². The van der Waals surface area contributed by atoms with E-state index in [0.29, 0.717) is 18.1 Å². The molecule has 1 atom stereocenters. The predicted octanol–water partition coefficient (Wildman–Crippen LogP) is 1.24. The number of aliphatic hydroxyl groups is 1. The lowest BCUT2D eigenvalue weighted by Crippen LogP contribution is -2.12. The average molecular weight is 247 g/mol. The van der Waals surface area contributed by atoms with Gasteiger partial charge < -0.3 is 15.4 Å². The predicted molar refractivity (Wildman–Crippen MR) is 66.8 cm³/mol. The molecule has 1 aromatic carbocycles. The fraction of sp³-hybridized carbons (Fsp3) is 0.385. The number of aromatic nitrogens is 2. The topological polar surface area (TPSA) is 85.2 Å². The second-order valence-corrected chi connectivity index (χ2v) is 4.15. The van der Waals surface area contributed by atoms with Gasteiger partial charge >= 0.3 is 0 Å². The van der Waals surface area contributed by atoms with E-state index >= 15 is 0 Å². The molecule has 0 saturated heterocycles. The number of aliphatic hydroxyl groups excluding tert-OH is 1. The normalized spacial score (nSPS) is 12.6. The van der Waals surface area contributed by atoms with E-state index in [1.807, 2.05) is 18.2 Å². The summed E-state index contributed by atoms with van der Waals surface area (Å²) in [6, 6.07) is 9.88. The van der Waals surface area contributed by atoms with Crippen molar-refractivity contribution >= 4 is 0 Å². The molecule has 0 bridgehead atoms. The molecule has 0 fully saturated rings. The van der Waals surface area contributed by atoms with Crippen molar-refractivity contribution in [1.82, 2.24) is 10.1 Å². The van der Waals surface area contributed by atoms with Crippen LogP contribution >= 0.6 is 0 Å². The highest BCUT2D eigenvalue weighted by atomic mass is 16.5. The molecule has 5 heteroatoms. The van der Waals surface area contributed by atoms with Crippen LogP contribution in [0.15, 0.2) is 34.9 Å². The zero-order valence-electron chi connectivity index (χ0n) is 10.1. The lowest BCUT2D eigenvalue weighted by atomic mass is 10.1. The van der Waals surface area contributed by atoms with Gasteiger partial charge in [-0.05, 0) is 18.4 Å². The maximum Gasteiger partial charge on any atom is 0.243 e. The van der Waals surface area contributed by atoms with Gasteiger partial charge in [0, 0.05) is 6.42 Å². The van der Waals surface area contributed by atoms with Crippen molar-refractivity contribution < 1.29 is 9.63 Å². The molecule has 0 aliphatic rings. The number of hydrogen-bond donors (Lipinski definition) is 2. The Morgan fingerprint density at radius 3 is 2.72 bits per heavy atom. The van der Waals surface area contributed by atoms with Gasteiger partial charge in [-0.15, -0.1) is 0 Å². The average Bonchev–Trinajstić information content (AvgIpc) is 2.86. The maximum atomic E-state index is 8.77. The van der Waals surface area contributed by atoms with E-state index in [9.17, 15) is 0 Å². The van der Waals surface area contributed by atoms with Gasteiger partial charge in [-0.1, -0.05) is 35.5 Å². The van der Waals surface area contributed by atoms with Gasteiger partial charge in [0.25, 0.3) is 0 Å². The van der Waals surface area contributed by atoms with Crippen molar-refractivity contribution in [2.75, 3.05) is 6.61 Å². The minimum absolute atomic E-state index is 0.0121. The van der Waals surface area contributed by atoms with Crippen LogP contribution in [0.2, 0.25) is 0 Å². The number of rotatable bonds is 6. The summed E-state index contributed by atoms with van der Waals surface area (Å²) in [5.74, 6) is 0.942. The monoisotopic (exact) mass is 247 g/mol. The van der Waals surface area contributed by atoms with Crippen LogP contribution in [0, 0.1) is 0 Å². The smallest absolute Gasteiger partial charge is 0.243 e. The zero-order valence-corrected chi connectivity index (χ0v) is 10.1. The number of nitrogens with zero attached hydrogens (tertiary/aromatic N) is 2. The van der Waals surface area contributed by atoms with Gasteiger partial charge in [0.1, 0.15) is 0 Å². The Balaban J connectivity index is 1.89. The highest BCUT2D eigenvalue weighted by Crippen LogP contribution is 2.15. The third-order valence-electron chi connectivity index (χ3n) is 2.72. The van der Waals surface area contributed by atoms with E-state index in [1.54, 1.807) is 0 Å². The fourth-order valence-electron chi connectivity index (χ4n) is 1.71. The summed E-state index contributed by atoms with van der Waals surface area (Å²) in [7, 11) is 0. The van der Waals surface area contributed by atoms with Crippen LogP contribution in [0.25, 0.3) is 0 Å². The highest BCUT2D eigenvalue weighted by Gasteiger charge is 2.14. The minimum atomic E-state index is -0.259. The number of benzene rings is 1. The Labute approximate surface area is 106 Å². The lowest BCUT2D eigenvalue weighted by Gasteiger charge is -2.06. The summed E-state index contributed by atoms with van der Waals surface area (Å²) in [5.41, 5.74) is 7.23. The van der Waals surface area contributed by atoms with Gasteiger partial charge in [-0.25, -0.2) is 0 Å². The third kappa shape index (κ3) is 3.38. The number of hydrogen-bond acceptors (Lipinski definition) is 5. The molecule has 0 saturated carbocycles. The summed E-state index contributed by atoms with van der Waals surface area (Å²) in [4.78, 5) is 4.15. The quantitative estimate of drug-likeness (QED) is 0.802. The molecule has 0 amide bonds. The van der Waals surface area contributed by atoms with E-state index < -0.39 is 0 Å². The molecule has 1 aromatic heterocycles. The molecule has 0 aliphatic carbocycles. The minimum Gasteiger partial charge on any atom is -0.396 e. The van der Waals surface area contributed by atoms with Crippen LogP contribution in [-0.2, 0) is 12.8 Å². The largest absolute Gasteiger partial charge is 0.396 e. The molecule has 2 rings (SSSR count). The summed E-state index contributed by atoms with van der Waals surface area (Å²) < 4.78 is 5.07. The van der Waals surface area contributed by atoms with E-state index in [-0.39, 0.29) is 12.6 Å². The first-order valence-electron chi connectivity index (χ1n) is 6.02. The molecule has 3 N–H and O–H groups in total. The molecule has 0 spiro atoms. The summed E-state index contributed by atoms with van der Waals surface area (Å²) in [6.45, 7) is 0.0121. The Kier molecular flexibility index (Phi) is 4.44. The molecule has 2 aromatic rings. The molecular formula is C13H17N3O2. The van der Waals surface area contributed by atoms with E-state index in [2.05, 4.69) is 22.3 Å². The molecule has 1 heterocycles. The summed E-state index contributed by atoms with van der Waals surface area (Å²) in [5, 5.41) is 12.5. The van der Waals surface area contributed by atoms with Gasteiger partial charge in [-0.3, -0.25) is 0 Å². The second-order valence-electron chi connectivity index (χ2n) is 4.15. The van der Waals surface area contributed by atoms with Gasteiger partial charge in [0.15, 0.2) is 5.82 Å². The summed E-state index contributed by atoms with van der Waals surface area (Å²) in [6.07, 6.45) is 2.03. The molecule has 0 radical (unpaired) electrons. The highest BCUT2D eigenvalue weighted by molar-refractivity contribution is 5.15. The Morgan fingerprint density at radius 1 is 1.22 bits per heavy atom. The van der Waals surface area contributed by atoms with Crippen molar-refractivity contribution in [2.45, 2.75) is 25.3 Å². The third-order valence-corrected chi connectivity index (χ3v) is 2.72. The van der Waals surface area contributed by atoms with Crippen molar-refractivity contribution in [3.05, 3.63) is 47.6 Å². The van der Waals surface area contributed by atoms with Crippen LogP contribution in [0.5, 0.6) is 0 Å². The van der Waals surface area contributed by atoms with Crippen molar-refractivity contribution in [3.8, 4) is 0 Å². The van der Waals surface area contributed by atoms with E-state index in [0.717, 1.165) is 12.8 Å². The Morgan fingerprint density at radius 2 is 2.00 bits per heavy atom. The number of aryl methyl sites for hydroxylation is 1. The molecule has 5 nitrogen and oxygen atoms in total. The van der Waals surface area contributed by atoms with Crippen LogP contribution in [-0.4, -0.2) is 21.9 Å². The Hall–Kier alpha value is -1.72. The Bertz CT molecular complexity index is 470. The number of nitrogens with two attached hydrogens (primary N) is 1. The van der Waals surface area contributed by atoms with Gasteiger partial charge in [-0.2, -0.15) is 4.98 Å². The van der Waals surface area contributed by atoms with Crippen molar-refractivity contribution in [2.24, 2.45) is 5.73 Å². The van der Waals surface area contributed by atoms with Crippen LogP contribution < -0.4 is 5.73 Å². The van der Waals surface area contributed by atoms with Crippen LogP contribution in [0.1, 0.15) is 29.7 Å². The summed E-state index contributed by atoms with van der Waals surface area (Å²) >= 11 is 0. The van der Waals surface area contributed by atoms with Crippen LogP contribution in [0.3, 0.4) is 0 Å². The van der Waals surface area contributed by atoms with Gasteiger partial charge in [0.2, 0.25) is 5.89 Å². The molecule has 0 aliphatic heterocycles.